The highest BCUT2D eigenvalue weighted by atomic mass is 32.2. The van der Waals surface area contributed by atoms with Crippen molar-refractivity contribution in [2.45, 2.75) is 34.8 Å². The van der Waals surface area contributed by atoms with Crippen molar-refractivity contribution in [1.29, 1.82) is 0 Å². The van der Waals surface area contributed by atoms with E-state index < -0.39 is 0 Å². The van der Waals surface area contributed by atoms with Gasteiger partial charge in [0.2, 0.25) is 10.2 Å². The van der Waals surface area contributed by atoms with Gasteiger partial charge in [0.05, 0.1) is 9.16 Å². The Morgan fingerprint density at radius 3 is 1.74 bits per heavy atom. The molecule has 0 saturated heterocycles. The molecule has 0 N–H and O–H groups in total. The Kier molecular flexibility index (Phi) is 14.7. The highest BCUT2D eigenvalue weighted by Gasteiger charge is 2.25. The Bertz CT molecular complexity index is 719. The molecular weight excluding hydrogens is 577 g/mol. The van der Waals surface area contributed by atoms with E-state index in [9.17, 15) is 9.59 Å². The molecular formula is C24H32O2S8. The summed E-state index contributed by atoms with van der Waals surface area (Å²) >= 11 is 14.7. The van der Waals surface area contributed by atoms with Gasteiger partial charge in [-0.1, -0.05) is 43.1 Å². The lowest BCUT2D eigenvalue weighted by molar-refractivity contribution is -0.107. The Morgan fingerprint density at radius 2 is 1.29 bits per heavy atom. The van der Waals surface area contributed by atoms with Gasteiger partial charge in [0.25, 0.3) is 0 Å². The molecule has 10 heteroatoms. The lowest BCUT2D eigenvalue weighted by Gasteiger charge is -2.29. The van der Waals surface area contributed by atoms with Gasteiger partial charge in [-0.25, -0.2) is 0 Å². The Morgan fingerprint density at radius 1 is 0.824 bits per heavy atom. The highest BCUT2D eigenvalue weighted by molar-refractivity contribution is 8.25. The second-order valence-corrected chi connectivity index (χ2v) is 17.7. The Labute approximate surface area is 239 Å². The lowest BCUT2D eigenvalue weighted by atomic mass is 9.83. The van der Waals surface area contributed by atoms with Crippen molar-refractivity contribution >= 4 is 104 Å². The van der Waals surface area contributed by atoms with E-state index >= 15 is 0 Å². The van der Waals surface area contributed by atoms with Crippen molar-refractivity contribution in [2.75, 3.05) is 34.5 Å². The van der Waals surface area contributed by atoms with Gasteiger partial charge >= 0.3 is 0 Å². The largest absolute Gasteiger partial charge is 0.282 e. The third-order valence-electron chi connectivity index (χ3n) is 5.42. The van der Waals surface area contributed by atoms with Crippen LogP contribution in [0.2, 0.25) is 0 Å². The van der Waals surface area contributed by atoms with Crippen LogP contribution in [0.25, 0.3) is 0 Å². The van der Waals surface area contributed by atoms with E-state index in [2.05, 4.69) is 47.5 Å². The summed E-state index contributed by atoms with van der Waals surface area (Å²) in [6, 6.07) is 0. The lowest BCUT2D eigenvalue weighted by Crippen LogP contribution is -2.20. The van der Waals surface area contributed by atoms with Gasteiger partial charge < -0.3 is 0 Å². The van der Waals surface area contributed by atoms with E-state index in [0.29, 0.717) is 9.16 Å². The summed E-state index contributed by atoms with van der Waals surface area (Å²) in [7, 11) is 0. The molecule has 0 radical (unpaired) electrons. The van der Waals surface area contributed by atoms with Gasteiger partial charge in [-0.15, -0.1) is 47.0 Å². The first-order valence-electron chi connectivity index (χ1n) is 11.3. The molecule has 1 saturated carbocycles. The molecule has 4 unspecified atom stereocenters. The predicted octanol–water partition coefficient (Wildman–Crippen LogP) is 8.45. The first kappa shape index (κ1) is 29.7. The summed E-state index contributed by atoms with van der Waals surface area (Å²) < 4.78 is 1.20. The standard InChI is InChI=1S/C24H32O2S8/c1-3-21(25)29-11-19-13-31-23(33-19)15-27-9-17-6-5-7-18(8-17)10-28-16-24-32-14-20(34-24)12-30-22(26)4-2/h3-4,13-14,17-18,23-24H,1-2,5-12,15-16H2. The topological polar surface area (TPSA) is 34.1 Å². The van der Waals surface area contributed by atoms with Gasteiger partial charge in [0, 0.05) is 32.8 Å². The zero-order chi connectivity index (χ0) is 24.2. The summed E-state index contributed by atoms with van der Waals surface area (Å²) in [6.45, 7) is 7.08. The zero-order valence-electron chi connectivity index (χ0n) is 19.2. The third kappa shape index (κ3) is 11.2. The van der Waals surface area contributed by atoms with E-state index in [4.69, 9.17) is 0 Å². The normalized spacial score (nSPS) is 26.7. The van der Waals surface area contributed by atoms with E-state index in [1.54, 1.807) is 0 Å². The number of thioether (sulfide) groups is 8. The van der Waals surface area contributed by atoms with Crippen LogP contribution in [0.4, 0.5) is 0 Å². The van der Waals surface area contributed by atoms with E-state index in [0.717, 1.165) is 23.3 Å². The minimum absolute atomic E-state index is 0.0625. The molecule has 0 aromatic heterocycles. The second kappa shape index (κ2) is 16.8. The summed E-state index contributed by atoms with van der Waals surface area (Å²) in [6.07, 6.45) is 8.37. The molecule has 2 aliphatic heterocycles. The quantitative estimate of drug-likeness (QED) is 0.179. The van der Waals surface area contributed by atoms with E-state index in [1.165, 1.54) is 94.2 Å². The van der Waals surface area contributed by atoms with Gasteiger partial charge in [-0.2, -0.15) is 23.5 Å². The van der Waals surface area contributed by atoms with Gasteiger partial charge in [0.15, 0.2) is 0 Å². The molecule has 2 heterocycles. The van der Waals surface area contributed by atoms with Crippen LogP contribution < -0.4 is 0 Å². The molecule has 0 amide bonds. The molecule has 2 nitrogen and oxygen atoms in total. The second-order valence-electron chi connectivity index (χ2n) is 8.13. The number of carbonyl (C=O) groups excluding carboxylic acids is 2. The molecule has 0 bridgehead atoms. The first-order chi connectivity index (χ1) is 16.6. The zero-order valence-corrected chi connectivity index (χ0v) is 25.7. The number of hydrogen-bond donors (Lipinski definition) is 0. The van der Waals surface area contributed by atoms with Crippen molar-refractivity contribution in [3.8, 4) is 0 Å². The predicted molar refractivity (Wildman–Crippen MR) is 170 cm³/mol. The van der Waals surface area contributed by atoms with Crippen LogP contribution in [0.5, 0.6) is 0 Å². The molecule has 4 atom stereocenters. The Hall–Kier alpha value is 1.10. The van der Waals surface area contributed by atoms with Crippen molar-refractivity contribution < 1.29 is 9.59 Å². The smallest absolute Gasteiger partial charge is 0.211 e. The van der Waals surface area contributed by atoms with Crippen LogP contribution in [-0.4, -0.2) is 53.9 Å². The fraction of sp³-hybridized carbons (Fsp3) is 0.583. The van der Waals surface area contributed by atoms with Crippen LogP contribution >= 0.6 is 94.1 Å². The van der Waals surface area contributed by atoms with Gasteiger partial charge in [-0.3, -0.25) is 9.59 Å². The monoisotopic (exact) mass is 608 g/mol. The SMILES string of the molecule is C=CC(=O)SCC1=CSC(CSCC2CCCC(CSCC3SC=C(CSC(=O)C=C)S3)C2)S1. The van der Waals surface area contributed by atoms with E-state index in [1.807, 2.05) is 47.0 Å². The summed E-state index contributed by atoms with van der Waals surface area (Å²) in [5.74, 6) is 8.28. The van der Waals surface area contributed by atoms with Crippen LogP contribution in [0, 0.1) is 11.8 Å². The molecule has 34 heavy (non-hydrogen) atoms. The summed E-state index contributed by atoms with van der Waals surface area (Å²) in [5.41, 5.74) is 0. The van der Waals surface area contributed by atoms with Gasteiger partial charge in [0.1, 0.15) is 0 Å². The first-order valence-corrected chi connectivity index (χ1v) is 19.2. The molecule has 3 aliphatic rings. The fourth-order valence-electron chi connectivity index (χ4n) is 3.80. The Balaban J connectivity index is 1.22. The highest BCUT2D eigenvalue weighted by Crippen LogP contribution is 2.45. The van der Waals surface area contributed by atoms with Crippen molar-refractivity contribution in [1.82, 2.24) is 0 Å². The molecule has 1 fully saturated rings. The van der Waals surface area contributed by atoms with Gasteiger partial charge in [-0.05, 0) is 65.6 Å². The maximum absolute atomic E-state index is 11.4. The number of carbonyl (C=O) groups is 2. The molecule has 0 spiro atoms. The molecule has 1 aliphatic carbocycles. The maximum atomic E-state index is 11.4. The number of hydrogen-bond acceptors (Lipinski definition) is 10. The average Bonchev–Trinajstić information content (AvgIpc) is 3.50. The summed E-state index contributed by atoms with van der Waals surface area (Å²) in [4.78, 5) is 25.5. The van der Waals surface area contributed by atoms with Crippen molar-refractivity contribution in [3.63, 3.8) is 0 Å². The minimum atomic E-state index is 0.0625. The van der Waals surface area contributed by atoms with Crippen molar-refractivity contribution in [3.05, 3.63) is 45.9 Å². The van der Waals surface area contributed by atoms with Crippen LogP contribution in [0.15, 0.2) is 45.9 Å². The van der Waals surface area contributed by atoms with Crippen LogP contribution in [0.1, 0.15) is 25.7 Å². The molecule has 0 aromatic carbocycles. The van der Waals surface area contributed by atoms with Crippen LogP contribution in [0.3, 0.4) is 0 Å². The molecule has 188 valence electrons. The summed E-state index contributed by atoms with van der Waals surface area (Å²) in [5, 5.41) is 4.61. The maximum Gasteiger partial charge on any atom is 0.211 e. The molecule has 0 aromatic rings. The minimum Gasteiger partial charge on any atom is -0.282 e. The van der Waals surface area contributed by atoms with E-state index in [-0.39, 0.29) is 10.2 Å². The van der Waals surface area contributed by atoms with Crippen molar-refractivity contribution in [2.24, 2.45) is 11.8 Å². The number of rotatable bonds is 14. The van der Waals surface area contributed by atoms with Crippen LogP contribution in [-0.2, 0) is 9.59 Å². The fourth-order valence-corrected chi connectivity index (χ4v) is 13.9. The third-order valence-corrected chi connectivity index (χ3v) is 16.3. The molecule has 3 rings (SSSR count). The average molecular weight is 609 g/mol.